The lowest BCUT2D eigenvalue weighted by atomic mass is 10.1. The number of anilines is 2. The summed E-state index contributed by atoms with van der Waals surface area (Å²) in [6.07, 6.45) is 5.11. The minimum Gasteiger partial charge on any atom is -0.399 e. The molecular formula is C16H23N3O. The predicted molar refractivity (Wildman–Crippen MR) is 82.0 cm³/mol. The summed E-state index contributed by atoms with van der Waals surface area (Å²) in [4.78, 5) is 14.7. The fourth-order valence-electron chi connectivity index (χ4n) is 2.64. The maximum atomic E-state index is 12.2. The molecule has 20 heavy (non-hydrogen) atoms. The average Bonchev–Trinajstić information content (AvgIpc) is 3.28. The highest BCUT2D eigenvalue weighted by Gasteiger charge is 2.35. The number of benzene rings is 1. The van der Waals surface area contributed by atoms with Gasteiger partial charge in [-0.25, -0.2) is 0 Å². The van der Waals surface area contributed by atoms with Crippen LogP contribution in [0.3, 0.4) is 0 Å². The molecule has 0 saturated heterocycles. The Hall–Kier alpha value is -1.71. The van der Waals surface area contributed by atoms with Crippen molar-refractivity contribution in [2.45, 2.75) is 38.6 Å². The topological polar surface area (TPSA) is 58.4 Å². The highest BCUT2D eigenvalue weighted by Crippen LogP contribution is 2.39. The van der Waals surface area contributed by atoms with Crippen molar-refractivity contribution in [3.05, 3.63) is 23.8 Å². The van der Waals surface area contributed by atoms with E-state index in [2.05, 4.69) is 10.2 Å². The van der Waals surface area contributed by atoms with Crippen LogP contribution in [0.15, 0.2) is 18.2 Å². The number of nitrogens with two attached hydrogens (primary N) is 1. The molecule has 0 radical (unpaired) electrons. The van der Waals surface area contributed by atoms with Gasteiger partial charge < -0.3 is 16.0 Å². The van der Waals surface area contributed by atoms with E-state index in [0.29, 0.717) is 12.6 Å². The summed E-state index contributed by atoms with van der Waals surface area (Å²) in [5.41, 5.74) is 8.46. The summed E-state index contributed by atoms with van der Waals surface area (Å²) in [7, 11) is 0. The van der Waals surface area contributed by atoms with Crippen molar-refractivity contribution in [3.8, 4) is 0 Å². The summed E-state index contributed by atoms with van der Waals surface area (Å²) in [6.45, 7) is 3.66. The number of nitrogen functional groups attached to an aromatic ring is 1. The lowest BCUT2D eigenvalue weighted by Crippen LogP contribution is -2.32. The number of carbonyl (C=O) groups is 1. The normalized spacial score (nSPS) is 17.9. The van der Waals surface area contributed by atoms with Gasteiger partial charge in [0.15, 0.2) is 0 Å². The van der Waals surface area contributed by atoms with Crippen LogP contribution in [0.2, 0.25) is 0 Å². The molecular weight excluding hydrogens is 250 g/mol. The first-order valence-corrected chi connectivity index (χ1v) is 7.63. The Balaban J connectivity index is 1.91. The maximum Gasteiger partial charge on any atom is 0.253 e. The number of rotatable bonds is 6. The summed E-state index contributed by atoms with van der Waals surface area (Å²) >= 11 is 0. The van der Waals surface area contributed by atoms with Crippen LogP contribution < -0.4 is 16.0 Å². The summed E-state index contributed by atoms with van der Waals surface area (Å²) in [6, 6.07) is 6.24. The largest absolute Gasteiger partial charge is 0.399 e. The van der Waals surface area contributed by atoms with E-state index in [0.717, 1.165) is 29.4 Å². The number of carbonyl (C=O) groups excluding carboxylic acids is 1. The SMILES string of the molecule is CCNC(=O)c1ccc(N)cc1N(CC1CC1)C1CC1. The maximum absolute atomic E-state index is 12.2. The van der Waals surface area contributed by atoms with Gasteiger partial charge in [-0.2, -0.15) is 0 Å². The Morgan fingerprint density at radius 3 is 2.70 bits per heavy atom. The van der Waals surface area contributed by atoms with Crippen molar-refractivity contribution < 1.29 is 4.79 Å². The molecule has 2 fully saturated rings. The third kappa shape index (κ3) is 2.89. The van der Waals surface area contributed by atoms with E-state index < -0.39 is 0 Å². The van der Waals surface area contributed by atoms with Crippen molar-refractivity contribution in [1.29, 1.82) is 0 Å². The molecule has 3 N–H and O–H groups in total. The highest BCUT2D eigenvalue weighted by molar-refractivity contribution is 6.00. The summed E-state index contributed by atoms with van der Waals surface area (Å²) in [5.74, 6) is 0.808. The van der Waals surface area contributed by atoms with Gasteiger partial charge in [-0.05, 0) is 56.7 Å². The second-order valence-corrected chi connectivity index (χ2v) is 5.96. The number of nitrogens with zero attached hydrogens (tertiary/aromatic N) is 1. The molecule has 0 unspecified atom stereocenters. The van der Waals surface area contributed by atoms with Crippen molar-refractivity contribution in [2.24, 2.45) is 5.92 Å². The molecule has 0 heterocycles. The lowest BCUT2D eigenvalue weighted by Gasteiger charge is -2.27. The first-order chi connectivity index (χ1) is 9.69. The molecule has 2 saturated carbocycles. The first-order valence-electron chi connectivity index (χ1n) is 7.63. The van der Waals surface area contributed by atoms with E-state index in [9.17, 15) is 4.79 Å². The zero-order chi connectivity index (χ0) is 14.1. The Morgan fingerprint density at radius 2 is 2.10 bits per heavy atom. The minimum atomic E-state index is 0.00365. The molecule has 2 aliphatic rings. The van der Waals surface area contributed by atoms with E-state index in [1.54, 1.807) is 0 Å². The number of nitrogens with one attached hydrogen (secondary N) is 1. The van der Waals surface area contributed by atoms with Crippen LogP contribution in [0.25, 0.3) is 0 Å². The number of amides is 1. The molecule has 1 aromatic carbocycles. The molecule has 0 spiro atoms. The lowest BCUT2D eigenvalue weighted by molar-refractivity contribution is 0.0956. The van der Waals surface area contributed by atoms with E-state index in [4.69, 9.17) is 5.73 Å². The zero-order valence-corrected chi connectivity index (χ0v) is 12.1. The molecule has 1 amide bonds. The molecule has 0 bridgehead atoms. The number of hydrogen-bond donors (Lipinski definition) is 2. The second kappa shape index (κ2) is 5.35. The Kier molecular flexibility index (Phi) is 3.55. The predicted octanol–water partition coefficient (Wildman–Crippen LogP) is 2.40. The van der Waals surface area contributed by atoms with Gasteiger partial charge in [0.25, 0.3) is 5.91 Å². The summed E-state index contributed by atoms with van der Waals surface area (Å²) in [5, 5.41) is 2.90. The van der Waals surface area contributed by atoms with Crippen LogP contribution >= 0.6 is 0 Å². The number of hydrogen-bond acceptors (Lipinski definition) is 3. The fraction of sp³-hybridized carbons (Fsp3) is 0.562. The monoisotopic (exact) mass is 273 g/mol. The zero-order valence-electron chi connectivity index (χ0n) is 12.1. The van der Waals surface area contributed by atoms with Crippen LogP contribution in [0.1, 0.15) is 43.0 Å². The quantitative estimate of drug-likeness (QED) is 0.782. The molecule has 4 nitrogen and oxygen atoms in total. The minimum absolute atomic E-state index is 0.00365. The molecule has 1 aromatic rings. The molecule has 108 valence electrons. The third-order valence-electron chi connectivity index (χ3n) is 4.05. The molecule has 3 rings (SSSR count). The Bertz CT molecular complexity index is 506. The van der Waals surface area contributed by atoms with Crippen LogP contribution in [-0.2, 0) is 0 Å². The van der Waals surface area contributed by atoms with Gasteiger partial charge in [0, 0.05) is 24.8 Å². The highest BCUT2D eigenvalue weighted by atomic mass is 16.1. The van der Waals surface area contributed by atoms with Crippen LogP contribution in [0.5, 0.6) is 0 Å². The van der Waals surface area contributed by atoms with Crippen LogP contribution in [0.4, 0.5) is 11.4 Å². The van der Waals surface area contributed by atoms with E-state index in [1.807, 2.05) is 25.1 Å². The Morgan fingerprint density at radius 1 is 1.35 bits per heavy atom. The van der Waals surface area contributed by atoms with E-state index in [-0.39, 0.29) is 5.91 Å². The van der Waals surface area contributed by atoms with Crippen LogP contribution in [-0.4, -0.2) is 25.0 Å². The van der Waals surface area contributed by atoms with Crippen molar-refractivity contribution >= 4 is 17.3 Å². The third-order valence-corrected chi connectivity index (χ3v) is 4.05. The van der Waals surface area contributed by atoms with E-state index in [1.165, 1.54) is 25.7 Å². The van der Waals surface area contributed by atoms with Gasteiger partial charge in [0.1, 0.15) is 0 Å². The molecule has 0 aliphatic heterocycles. The molecule has 2 aliphatic carbocycles. The van der Waals surface area contributed by atoms with E-state index >= 15 is 0 Å². The van der Waals surface area contributed by atoms with Crippen molar-refractivity contribution in [1.82, 2.24) is 5.32 Å². The van der Waals surface area contributed by atoms with Gasteiger partial charge in [-0.1, -0.05) is 0 Å². The standard InChI is InChI=1S/C16H23N3O/c1-2-18-16(20)14-8-5-12(17)9-15(14)19(13-6-7-13)10-11-3-4-11/h5,8-9,11,13H,2-4,6-7,10,17H2,1H3,(H,18,20). The van der Waals surface area contributed by atoms with Gasteiger partial charge in [0.2, 0.25) is 0 Å². The van der Waals surface area contributed by atoms with Crippen molar-refractivity contribution in [3.63, 3.8) is 0 Å². The second-order valence-electron chi connectivity index (χ2n) is 5.96. The molecule has 0 aromatic heterocycles. The first kappa shape index (κ1) is 13.3. The van der Waals surface area contributed by atoms with Crippen LogP contribution in [0, 0.1) is 5.92 Å². The van der Waals surface area contributed by atoms with Gasteiger partial charge in [0.05, 0.1) is 11.3 Å². The smallest absolute Gasteiger partial charge is 0.253 e. The average molecular weight is 273 g/mol. The Labute approximate surface area is 120 Å². The molecule has 0 atom stereocenters. The van der Waals surface area contributed by atoms with Crippen molar-refractivity contribution in [2.75, 3.05) is 23.7 Å². The van der Waals surface area contributed by atoms with Gasteiger partial charge in [-0.3, -0.25) is 4.79 Å². The summed E-state index contributed by atoms with van der Waals surface area (Å²) < 4.78 is 0. The molecule has 4 heteroatoms. The van der Waals surface area contributed by atoms with Gasteiger partial charge in [-0.15, -0.1) is 0 Å². The van der Waals surface area contributed by atoms with Gasteiger partial charge >= 0.3 is 0 Å². The fourth-order valence-corrected chi connectivity index (χ4v) is 2.64.